The molecule has 1 aromatic rings. The van der Waals surface area contributed by atoms with E-state index in [-0.39, 0.29) is 9.77 Å². The molecule has 2 rings (SSSR count). The molecule has 118 valence electrons. The summed E-state index contributed by atoms with van der Waals surface area (Å²) in [5, 5.41) is 10.3. The summed E-state index contributed by atoms with van der Waals surface area (Å²) in [5.74, 6) is -0.574. The first-order valence-electron chi connectivity index (χ1n) is 6.77. The second-order valence-electron chi connectivity index (χ2n) is 5.56. The maximum absolute atomic E-state index is 12.5. The second-order valence-corrected chi connectivity index (χ2v) is 8.41. The van der Waals surface area contributed by atoms with Gasteiger partial charge in [-0.3, -0.25) is 0 Å². The van der Waals surface area contributed by atoms with Crippen molar-refractivity contribution in [3.05, 3.63) is 16.3 Å². The number of rotatable bonds is 5. The Morgan fingerprint density at radius 1 is 1.43 bits per heavy atom. The molecule has 0 spiro atoms. The van der Waals surface area contributed by atoms with Gasteiger partial charge in [-0.1, -0.05) is 0 Å². The minimum Gasteiger partial charge on any atom is -0.477 e. The Balaban J connectivity index is 2.05. The highest BCUT2D eigenvalue weighted by Gasteiger charge is 2.30. The lowest BCUT2D eigenvalue weighted by Gasteiger charge is -2.32. The lowest BCUT2D eigenvalue weighted by Crippen LogP contribution is -2.40. The van der Waals surface area contributed by atoms with Crippen LogP contribution >= 0.6 is 11.3 Å². The number of aromatic carboxylic acids is 1. The smallest absolute Gasteiger partial charge is 0.345 e. The average Bonchev–Trinajstić information content (AvgIpc) is 2.89. The Hall–Kier alpha value is -0.960. The van der Waals surface area contributed by atoms with Crippen LogP contribution in [0.5, 0.6) is 0 Å². The molecule has 1 N–H and O–H groups in total. The van der Waals surface area contributed by atoms with Crippen LogP contribution in [-0.4, -0.2) is 62.4 Å². The van der Waals surface area contributed by atoms with Crippen molar-refractivity contribution in [2.24, 2.45) is 5.92 Å². The number of nitrogens with zero attached hydrogens (tertiary/aromatic N) is 2. The van der Waals surface area contributed by atoms with Gasteiger partial charge in [0.1, 0.15) is 4.88 Å². The molecule has 0 aliphatic carbocycles. The molecular weight excluding hydrogens is 312 g/mol. The van der Waals surface area contributed by atoms with Crippen molar-refractivity contribution in [2.75, 3.05) is 33.7 Å². The maximum atomic E-state index is 12.5. The van der Waals surface area contributed by atoms with Gasteiger partial charge in [0.05, 0.1) is 4.90 Å². The number of sulfonamides is 1. The first-order chi connectivity index (χ1) is 9.80. The van der Waals surface area contributed by atoms with E-state index >= 15 is 0 Å². The number of hydrogen-bond donors (Lipinski definition) is 1. The summed E-state index contributed by atoms with van der Waals surface area (Å²) in [6.45, 7) is 1.97. The molecule has 1 aliphatic heterocycles. The van der Waals surface area contributed by atoms with Crippen molar-refractivity contribution in [3.8, 4) is 0 Å². The van der Waals surface area contributed by atoms with Gasteiger partial charge in [-0.05, 0) is 38.9 Å². The lowest BCUT2D eigenvalue weighted by molar-refractivity contribution is 0.0702. The first kappa shape index (κ1) is 16.4. The van der Waals surface area contributed by atoms with Crippen LogP contribution in [0, 0.1) is 5.92 Å². The number of hydrogen-bond acceptors (Lipinski definition) is 5. The Morgan fingerprint density at radius 3 is 2.52 bits per heavy atom. The third kappa shape index (κ3) is 3.82. The standard InChI is InChI=1S/C13H20N2O4S2/c1-14(2)8-10-3-5-15(6-4-10)21(18,19)11-7-12(13(16)17)20-9-11/h7,9-10H,3-6,8H2,1-2H3,(H,16,17). The maximum Gasteiger partial charge on any atom is 0.345 e. The summed E-state index contributed by atoms with van der Waals surface area (Å²) in [4.78, 5) is 13.1. The highest BCUT2D eigenvalue weighted by molar-refractivity contribution is 7.89. The number of carboxylic acids is 1. The first-order valence-corrected chi connectivity index (χ1v) is 9.09. The average molecular weight is 332 g/mol. The minimum absolute atomic E-state index is 0.0519. The third-order valence-corrected chi connectivity index (χ3v) is 6.56. The molecule has 0 atom stereocenters. The molecule has 1 fully saturated rings. The van der Waals surface area contributed by atoms with E-state index in [1.54, 1.807) is 0 Å². The Labute approximate surface area is 129 Å². The fraction of sp³-hybridized carbons (Fsp3) is 0.615. The van der Waals surface area contributed by atoms with Crippen LogP contribution in [0.15, 0.2) is 16.3 Å². The molecule has 6 nitrogen and oxygen atoms in total. The molecule has 0 saturated carbocycles. The van der Waals surface area contributed by atoms with E-state index in [9.17, 15) is 13.2 Å². The van der Waals surface area contributed by atoms with Gasteiger partial charge in [0, 0.05) is 25.0 Å². The van der Waals surface area contributed by atoms with Crippen LogP contribution in [0.4, 0.5) is 0 Å². The SMILES string of the molecule is CN(C)CC1CCN(S(=O)(=O)c2csc(C(=O)O)c2)CC1. The zero-order valence-corrected chi connectivity index (χ0v) is 13.8. The zero-order chi connectivity index (χ0) is 15.6. The molecule has 21 heavy (non-hydrogen) atoms. The highest BCUT2D eigenvalue weighted by Crippen LogP contribution is 2.27. The molecule has 0 bridgehead atoms. The van der Waals surface area contributed by atoms with E-state index in [0.29, 0.717) is 19.0 Å². The van der Waals surface area contributed by atoms with Gasteiger partial charge in [-0.25, -0.2) is 13.2 Å². The van der Waals surface area contributed by atoms with Crippen LogP contribution in [0.2, 0.25) is 0 Å². The van der Waals surface area contributed by atoms with Gasteiger partial charge in [0.2, 0.25) is 10.0 Å². The summed E-state index contributed by atoms with van der Waals surface area (Å²) in [6.07, 6.45) is 1.68. The minimum atomic E-state index is -3.56. The lowest BCUT2D eigenvalue weighted by atomic mass is 9.98. The fourth-order valence-corrected chi connectivity index (χ4v) is 5.13. The third-order valence-electron chi connectivity index (χ3n) is 3.62. The van der Waals surface area contributed by atoms with Crippen LogP contribution in [0.3, 0.4) is 0 Å². The molecular formula is C13H20N2O4S2. The van der Waals surface area contributed by atoms with Crippen LogP contribution in [0.1, 0.15) is 22.5 Å². The summed E-state index contributed by atoms with van der Waals surface area (Å²) in [6, 6.07) is 1.24. The van der Waals surface area contributed by atoms with E-state index in [2.05, 4.69) is 4.90 Å². The van der Waals surface area contributed by atoms with Gasteiger partial charge in [0.15, 0.2) is 0 Å². The van der Waals surface area contributed by atoms with Gasteiger partial charge < -0.3 is 10.0 Å². The Bertz CT molecular complexity index is 601. The van der Waals surface area contributed by atoms with E-state index in [0.717, 1.165) is 30.7 Å². The Kier molecular flexibility index (Phi) is 5.03. The van der Waals surface area contributed by atoms with Crippen molar-refractivity contribution in [1.29, 1.82) is 0 Å². The quantitative estimate of drug-likeness (QED) is 0.882. The molecule has 1 saturated heterocycles. The monoisotopic (exact) mass is 332 g/mol. The van der Waals surface area contributed by atoms with Crippen molar-refractivity contribution in [1.82, 2.24) is 9.21 Å². The van der Waals surface area contributed by atoms with Crippen molar-refractivity contribution in [3.63, 3.8) is 0 Å². The highest BCUT2D eigenvalue weighted by atomic mass is 32.2. The summed E-state index contributed by atoms with van der Waals surface area (Å²) in [5.41, 5.74) is 0. The van der Waals surface area contributed by atoms with E-state index in [4.69, 9.17) is 5.11 Å². The van der Waals surface area contributed by atoms with Crippen LogP contribution in [0.25, 0.3) is 0 Å². The van der Waals surface area contributed by atoms with Gasteiger partial charge in [0.25, 0.3) is 0 Å². The van der Waals surface area contributed by atoms with Gasteiger partial charge >= 0.3 is 5.97 Å². The van der Waals surface area contributed by atoms with Crippen molar-refractivity contribution < 1.29 is 18.3 Å². The van der Waals surface area contributed by atoms with Crippen molar-refractivity contribution >= 4 is 27.3 Å². The largest absolute Gasteiger partial charge is 0.477 e. The number of thiophene rings is 1. The molecule has 0 radical (unpaired) electrons. The molecule has 2 heterocycles. The molecule has 8 heteroatoms. The summed E-state index contributed by atoms with van der Waals surface area (Å²) in [7, 11) is 0.472. The molecule has 0 unspecified atom stereocenters. The van der Waals surface area contributed by atoms with E-state index < -0.39 is 16.0 Å². The molecule has 1 aromatic heterocycles. The molecule has 0 amide bonds. The predicted octanol–water partition coefficient (Wildman–Crippen LogP) is 1.41. The van der Waals surface area contributed by atoms with E-state index in [1.165, 1.54) is 15.8 Å². The van der Waals surface area contributed by atoms with Crippen LogP contribution in [-0.2, 0) is 10.0 Å². The van der Waals surface area contributed by atoms with E-state index in [1.807, 2.05) is 14.1 Å². The number of carboxylic acid groups (broad SMARTS) is 1. The number of piperidine rings is 1. The molecule has 1 aliphatic rings. The van der Waals surface area contributed by atoms with Crippen LogP contribution < -0.4 is 0 Å². The second kappa shape index (κ2) is 6.43. The normalized spacial score (nSPS) is 18.2. The Morgan fingerprint density at radius 2 is 2.05 bits per heavy atom. The number of carbonyl (C=O) groups is 1. The fourth-order valence-electron chi connectivity index (χ4n) is 2.56. The molecule has 0 aromatic carbocycles. The predicted molar refractivity (Wildman–Crippen MR) is 81.3 cm³/mol. The zero-order valence-electron chi connectivity index (χ0n) is 12.2. The van der Waals surface area contributed by atoms with Gasteiger partial charge in [-0.2, -0.15) is 4.31 Å². The topological polar surface area (TPSA) is 77.9 Å². The summed E-state index contributed by atoms with van der Waals surface area (Å²) >= 11 is 0.945. The summed E-state index contributed by atoms with van der Waals surface area (Å²) < 4.78 is 26.4. The van der Waals surface area contributed by atoms with Gasteiger partial charge in [-0.15, -0.1) is 11.3 Å². The van der Waals surface area contributed by atoms with Crippen molar-refractivity contribution in [2.45, 2.75) is 17.7 Å².